The standard InChI is InChI=1S/C34H47N5O4/c1-33(2,3)31(40)37-30-26(24-35-32(41)43-34(4,5)6)16-17-29(36-30)42-23-10-9-18-38-19-21-39(22-20-38)28-15-11-13-25-12-7-8-14-27(25)28/h7-8,11-17H,9-10,18-24H2,1-6H3,(H,35,41)(H,36,37,40). The molecule has 232 valence electrons. The average molecular weight is 590 g/mol. The molecule has 0 bridgehead atoms. The lowest BCUT2D eigenvalue weighted by atomic mass is 9.95. The maximum Gasteiger partial charge on any atom is 0.407 e. The second kappa shape index (κ2) is 14.1. The number of nitrogens with one attached hydrogen (secondary N) is 2. The van der Waals surface area contributed by atoms with Crippen molar-refractivity contribution in [2.75, 3.05) is 49.5 Å². The summed E-state index contributed by atoms with van der Waals surface area (Å²) in [5.74, 6) is 0.641. The first-order valence-electron chi connectivity index (χ1n) is 15.3. The summed E-state index contributed by atoms with van der Waals surface area (Å²) in [5.41, 5.74) is 0.783. The second-order valence-electron chi connectivity index (χ2n) is 13.1. The van der Waals surface area contributed by atoms with E-state index in [-0.39, 0.29) is 12.5 Å². The van der Waals surface area contributed by atoms with E-state index in [2.05, 4.69) is 67.9 Å². The van der Waals surface area contributed by atoms with E-state index in [1.165, 1.54) is 16.5 Å². The molecular weight excluding hydrogens is 542 g/mol. The number of aromatic nitrogens is 1. The number of carbonyl (C=O) groups is 2. The monoisotopic (exact) mass is 589 g/mol. The molecule has 1 aliphatic rings. The van der Waals surface area contributed by atoms with Crippen LogP contribution in [-0.2, 0) is 16.1 Å². The van der Waals surface area contributed by atoms with Gasteiger partial charge in [0.05, 0.1) is 6.61 Å². The lowest BCUT2D eigenvalue weighted by Gasteiger charge is -2.36. The van der Waals surface area contributed by atoms with Crippen LogP contribution in [0.2, 0.25) is 0 Å². The minimum absolute atomic E-state index is 0.162. The number of alkyl carbamates (subject to hydrolysis) is 1. The van der Waals surface area contributed by atoms with Crippen molar-refractivity contribution >= 4 is 34.3 Å². The van der Waals surface area contributed by atoms with Gasteiger partial charge < -0.3 is 25.0 Å². The molecule has 0 spiro atoms. The molecule has 2 heterocycles. The van der Waals surface area contributed by atoms with Crippen LogP contribution in [0.3, 0.4) is 0 Å². The molecule has 2 amide bonds. The van der Waals surface area contributed by atoms with E-state index >= 15 is 0 Å². The number of ether oxygens (including phenoxy) is 2. The summed E-state index contributed by atoms with van der Waals surface area (Å²) in [4.78, 5) is 34.5. The fraction of sp³-hybridized carbons (Fsp3) is 0.500. The summed E-state index contributed by atoms with van der Waals surface area (Å²) < 4.78 is 11.3. The molecule has 0 radical (unpaired) electrons. The second-order valence-corrected chi connectivity index (χ2v) is 13.1. The average Bonchev–Trinajstić information content (AvgIpc) is 2.95. The van der Waals surface area contributed by atoms with Crippen LogP contribution in [0.4, 0.5) is 16.3 Å². The topological polar surface area (TPSA) is 96.0 Å². The van der Waals surface area contributed by atoms with Crippen LogP contribution in [0.1, 0.15) is 59.9 Å². The van der Waals surface area contributed by atoms with E-state index in [0.717, 1.165) is 45.6 Å². The van der Waals surface area contributed by atoms with Crippen LogP contribution in [0.15, 0.2) is 54.6 Å². The zero-order chi connectivity index (χ0) is 31.0. The van der Waals surface area contributed by atoms with Crippen molar-refractivity contribution in [2.24, 2.45) is 5.41 Å². The minimum Gasteiger partial charge on any atom is -0.478 e. The van der Waals surface area contributed by atoms with Crippen molar-refractivity contribution < 1.29 is 19.1 Å². The molecule has 1 aromatic heterocycles. The first-order chi connectivity index (χ1) is 20.4. The summed E-state index contributed by atoms with van der Waals surface area (Å²) in [6, 6.07) is 18.7. The molecule has 43 heavy (non-hydrogen) atoms. The quantitative estimate of drug-likeness (QED) is 0.271. The lowest BCUT2D eigenvalue weighted by Crippen LogP contribution is -2.46. The van der Waals surface area contributed by atoms with Gasteiger partial charge in [-0.05, 0) is 57.7 Å². The predicted molar refractivity (Wildman–Crippen MR) is 173 cm³/mol. The van der Waals surface area contributed by atoms with Gasteiger partial charge in [0.1, 0.15) is 11.4 Å². The summed E-state index contributed by atoms with van der Waals surface area (Å²) in [6.07, 6.45) is 1.40. The highest BCUT2D eigenvalue weighted by Crippen LogP contribution is 2.27. The summed E-state index contributed by atoms with van der Waals surface area (Å²) in [5, 5.41) is 8.24. The van der Waals surface area contributed by atoms with Gasteiger partial charge in [-0.15, -0.1) is 0 Å². The molecule has 0 atom stereocenters. The Morgan fingerprint density at radius 2 is 1.60 bits per heavy atom. The van der Waals surface area contributed by atoms with E-state index in [4.69, 9.17) is 9.47 Å². The summed E-state index contributed by atoms with van der Waals surface area (Å²) in [7, 11) is 0. The molecule has 9 nitrogen and oxygen atoms in total. The molecular formula is C34H47N5O4. The zero-order valence-corrected chi connectivity index (χ0v) is 26.5. The number of anilines is 2. The number of amides is 2. The van der Waals surface area contributed by atoms with Crippen molar-refractivity contribution in [3.8, 4) is 5.88 Å². The summed E-state index contributed by atoms with van der Waals surface area (Å²) >= 11 is 0. The number of pyridine rings is 1. The molecule has 4 rings (SSSR count). The Hall–Kier alpha value is -3.85. The maximum atomic E-state index is 12.7. The summed E-state index contributed by atoms with van der Waals surface area (Å²) in [6.45, 7) is 16.8. The van der Waals surface area contributed by atoms with Crippen molar-refractivity contribution in [1.82, 2.24) is 15.2 Å². The van der Waals surface area contributed by atoms with Gasteiger partial charge in [0, 0.05) is 60.8 Å². The fourth-order valence-electron chi connectivity index (χ4n) is 4.89. The number of nitrogens with zero attached hydrogens (tertiary/aromatic N) is 3. The van der Waals surface area contributed by atoms with E-state index in [1.807, 2.05) is 47.6 Å². The van der Waals surface area contributed by atoms with Gasteiger partial charge in [-0.3, -0.25) is 9.69 Å². The molecule has 1 saturated heterocycles. The van der Waals surface area contributed by atoms with Crippen molar-refractivity contribution in [3.05, 3.63) is 60.2 Å². The van der Waals surface area contributed by atoms with E-state index < -0.39 is 17.1 Å². The van der Waals surface area contributed by atoms with Gasteiger partial charge in [0.2, 0.25) is 11.8 Å². The van der Waals surface area contributed by atoms with E-state index in [1.54, 1.807) is 6.07 Å². The van der Waals surface area contributed by atoms with E-state index in [9.17, 15) is 9.59 Å². The molecule has 2 aromatic carbocycles. The van der Waals surface area contributed by atoms with Crippen LogP contribution >= 0.6 is 0 Å². The Bertz CT molecular complexity index is 1380. The molecule has 0 saturated carbocycles. The number of hydrogen-bond acceptors (Lipinski definition) is 7. The first kappa shape index (κ1) is 32.1. The van der Waals surface area contributed by atoms with Crippen LogP contribution in [-0.4, -0.2) is 66.8 Å². The lowest BCUT2D eigenvalue weighted by molar-refractivity contribution is -0.123. The highest BCUT2D eigenvalue weighted by atomic mass is 16.6. The molecule has 9 heteroatoms. The fourth-order valence-corrected chi connectivity index (χ4v) is 4.89. The van der Waals surface area contributed by atoms with Gasteiger partial charge in [0.25, 0.3) is 0 Å². The number of unbranched alkanes of at least 4 members (excludes halogenated alkanes) is 1. The Kier molecular flexibility index (Phi) is 10.5. The number of fused-ring (bicyclic) bond motifs is 1. The van der Waals surface area contributed by atoms with Crippen molar-refractivity contribution in [3.63, 3.8) is 0 Å². The SMILES string of the molecule is CC(C)(C)OC(=O)NCc1ccc(OCCCCN2CCN(c3cccc4ccccc34)CC2)nc1NC(=O)C(C)(C)C. The molecule has 1 fully saturated rings. The highest BCUT2D eigenvalue weighted by Gasteiger charge is 2.24. The number of carbonyl (C=O) groups excluding carboxylic acids is 2. The minimum atomic E-state index is -0.602. The van der Waals surface area contributed by atoms with Crippen LogP contribution in [0.25, 0.3) is 10.8 Å². The smallest absolute Gasteiger partial charge is 0.407 e. The van der Waals surface area contributed by atoms with Gasteiger partial charge >= 0.3 is 6.09 Å². The predicted octanol–water partition coefficient (Wildman–Crippen LogP) is 6.23. The van der Waals surface area contributed by atoms with Gasteiger partial charge in [-0.25, -0.2) is 4.79 Å². The van der Waals surface area contributed by atoms with Gasteiger partial charge in [-0.2, -0.15) is 4.98 Å². The van der Waals surface area contributed by atoms with Crippen molar-refractivity contribution in [2.45, 2.75) is 66.5 Å². The molecule has 0 unspecified atom stereocenters. The van der Waals surface area contributed by atoms with Gasteiger partial charge in [-0.1, -0.05) is 57.2 Å². The van der Waals surface area contributed by atoms with Crippen molar-refractivity contribution in [1.29, 1.82) is 0 Å². The largest absolute Gasteiger partial charge is 0.478 e. The third-order valence-electron chi connectivity index (χ3n) is 7.29. The normalized spacial score (nSPS) is 14.4. The molecule has 3 aromatic rings. The number of hydrogen-bond donors (Lipinski definition) is 2. The number of benzene rings is 2. The van der Waals surface area contributed by atoms with Crippen LogP contribution < -0.4 is 20.3 Å². The Morgan fingerprint density at radius 3 is 2.33 bits per heavy atom. The first-order valence-corrected chi connectivity index (χ1v) is 15.3. The molecule has 0 aliphatic carbocycles. The number of piperazine rings is 1. The molecule has 2 N–H and O–H groups in total. The van der Waals surface area contributed by atoms with Gasteiger partial charge in [0.15, 0.2) is 0 Å². The van der Waals surface area contributed by atoms with E-state index in [0.29, 0.717) is 23.9 Å². The maximum absolute atomic E-state index is 12.7. The van der Waals surface area contributed by atoms with Crippen LogP contribution in [0.5, 0.6) is 5.88 Å². The third-order valence-corrected chi connectivity index (χ3v) is 7.29. The highest BCUT2D eigenvalue weighted by molar-refractivity contribution is 5.95. The number of rotatable bonds is 10. The van der Waals surface area contributed by atoms with Crippen LogP contribution in [0, 0.1) is 5.41 Å². The third kappa shape index (κ3) is 9.58. The Morgan fingerprint density at radius 1 is 0.884 bits per heavy atom. The molecule has 1 aliphatic heterocycles. The Labute approximate surface area is 255 Å². The zero-order valence-electron chi connectivity index (χ0n) is 26.5. The Balaban J connectivity index is 1.24.